The van der Waals surface area contributed by atoms with Gasteiger partial charge in [0.25, 0.3) is 0 Å². The van der Waals surface area contributed by atoms with E-state index in [4.69, 9.17) is 0 Å². The molecule has 4 N–H and O–H groups in total. The molecule has 1 aromatic carbocycles. The van der Waals surface area contributed by atoms with Crippen LogP contribution in [0.2, 0.25) is 0 Å². The zero-order valence-electron chi connectivity index (χ0n) is 17.9. The van der Waals surface area contributed by atoms with Crippen LogP contribution in [0, 0.1) is 11.7 Å². The van der Waals surface area contributed by atoms with Crippen molar-refractivity contribution in [2.45, 2.75) is 31.7 Å². The van der Waals surface area contributed by atoms with Gasteiger partial charge in [-0.1, -0.05) is 6.07 Å². The van der Waals surface area contributed by atoms with Gasteiger partial charge in [-0.15, -0.1) is 0 Å². The molecule has 1 amide bonds. The number of carbonyl (C=O) groups is 1. The summed E-state index contributed by atoms with van der Waals surface area (Å²) in [6.07, 6.45) is 5.45. The Morgan fingerprint density at radius 3 is 2.69 bits per heavy atom. The summed E-state index contributed by atoms with van der Waals surface area (Å²) >= 11 is 0. The second-order valence-electron chi connectivity index (χ2n) is 8.54. The Hall–Kier alpha value is -3.20. The summed E-state index contributed by atoms with van der Waals surface area (Å²) in [5.74, 6) is 1.28. The standard InChI is InChI=1S/C23H28FN7O/c24-16-2-1-3-18(14-16)28-23-29-20-19(6-11-26-20)21(30-23)27-17-7-12-31(13-8-17)22(32)15-4-9-25-10-5-15/h1-3,6,11,14-15,17,25H,4-5,7-10,12-13H2,(H3,26,27,28,29,30). The van der Waals surface area contributed by atoms with Crippen molar-refractivity contribution in [1.82, 2.24) is 25.2 Å². The highest BCUT2D eigenvalue weighted by Crippen LogP contribution is 2.26. The maximum atomic E-state index is 13.5. The molecule has 8 nitrogen and oxygen atoms in total. The number of nitrogens with one attached hydrogen (secondary N) is 4. The van der Waals surface area contributed by atoms with Gasteiger partial charge in [-0.25, -0.2) is 4.39 Å². The van der Waals surface area contributed by atoms with Gasteiger partial charge in [-0.3, -0.25) is 4.79 Å². The van der Waals surface area contributed by atoms with E-state index in [0.717, 1.165) is 63.1 Å². The number of fused-ring (bicyclic) bond motifs is 1. The summed E-state index contributed by atoms with van der Waals surface area (Å²) in [5.41, 5.74) is 1.30. The molecule has 2 fully saturated rings. The Morgan fingerprint density at radius 1 is 1.09 bits per heavy atom. The first-order chi connectivity index (χ1) is 15.7. The summed E-state index contributed by atoms with van der Waals surface area (Å²) in [4.78, 5) is 27.1. The van der Waals surface area contributed by atoms with Crippen LogP contribution >= 0.6 is 0 Å². The molecule has 2 saturated heterocycles. The summed E-state index contributed by atoms with van der Waals surface area (Å²) in [6.45, 7) is 3.38. The number of H-pyrrole nitrogens is 1. The SMILES string of the molecule is O=C(C1CCNCC1)N1CCC(Nc2nc(Nc3cccc(F)c3)nc3[nH]ccc23)CC1. The van der Waals surface area contributed by atoms with Crippen molar-refractivity contribution < 1.29 is 9.18 Å². The van der Waals surface area contributed by atoms with Crippen molar-refractivity contribution in [3.05, 3.63) is 42.3 Å². The first-order valence-corrected chi connectivity index (χ1v) is 11.3. The van der Waals surface area contributed by atoms with E-state index < -0.39 is 0 Å². The molecule has 2 aliphatic rings. The number of likely N-dealkylation sites (tertiary alicyclic amines) is 1. The van der Waals surface area contributed by atoms with Crippen molar-refractivity contribution in [3.63, 3.8) is 0 Å². The summed E-state index contributed by atoms with van der Waals surface area (Å²) in [7, 11) is 0. The summed E-state index contributed by atoms with van der Waals surface area (Å²) in [5, 5.41) is 10.9. The molecule has 0 bridgehead atoms. The van der Waals surface area contributed by atoms with E-state index in [-0.39, 0.29) is 17.8 Å². The van der Waals surface area contributed by atoms with Crippen LogP contribution in [0.5, 0.6) is 0 Å². The molecule has 32 heavy (non-hydrogen) atoms. The minimum Gasteiger partial charge on any atom is -0.366 e. The molecule has 0 unspecified atom stereocenters. The van der Waals surface area contributed by atoms with Gasteiger partial charge in [0.2, 0.25) is 11.9 Å². The Kier molecular flexibility index (Phi) is 5.89. The lowest BCUT2D eigenvalue weighted by molar-refractivity contribution is -0.137. The minimum atomic E-state index is -0.319. The second-order valence-corrected chi connectivity index (χ2v) is 8.54. The van der Waals surface area contributed by atoms with Crippen LogP contribution in [-0.4, -0.2) is 58.0 Å². The van der Waals surface area contributed by atoms with E-state index >= 15 is 0 Å². The number of carbonyl (C=O) groups excluding carboxylic acids is 1. The zero-order valence-corrected chi connectivity index (χ0v) is 17.9. The van der Waals surface area contributed by atoms with Crippen molar-refractivity contribution >= 4 is 34.4 Å². The average molecular weight is 438 g/mol. The number of rotatable bonds is 5. The number of aromatic nitrogens is 3. The highest BCUT2D eigenvalue weighted by atomic mass is 19.1. The molecule has 0 spiro atoms. The van der Waals surface area contributed by atoms with E-state index in [0.29, 0.717) is 23.2 Å². The number of halogens is 1. The van der Waals surface area contributed by atoms with Gasteiger partial charge in [0.1, 0.15) is 17.3 Å². The van der Waals surface area contributed by atoms with Gasteiger partial charge in [-0.05, 0) is 63.0 Å². The third kappa shape index (κ3) is 4.52. The predicted molar refractivity (Wildman–Crippen MR) is 122 cm³/mol. The molecule has 2 aromatic heterocycles. The first kappa shape index (κ1) is 20.7. The number of nitrogens with zero attached hydrogens (tertiary/aromatic N) is 3. The van der Waals surface area contributed by atoms with Crippen LogP contribution in [0.1, 0.15) is 25.7 Å². The number of benzene rings is 1. The third-order valence-electron chi connectivity index (χ3n) is 6.33. The fourth-order valence-electron chi connectivity index (χ4n) is 4.57. The molecule has 0 atom stereocenters. The summed E-state index contributed by atoms with van der Waals surface area (Å²) in [6, 6.07) is 8.39. The highest BCUT2D eigenvalue weighted by Gasteiger charge is 2.29. The van der Waals surface area contributed by atoms with Gasteiger partial charge in [-0.2, -0.15) is 9.97 Å². The summed E-state index contributed by atoms with van der Waals surface area (Å²) < 4.78 is 13.5. The Labute approximate surface area is 186 Å². The molecule has 0 radical (unpaired) electrons. The largest absolute Gasteiger partial charge is 0.366 e. The molecule has 3 aromatic rings. The quantitative estimate of drug-likeness (QED) is 0.489. The zero-order chi connectivity index (χ0) is 21.9. The monoisotopic (exact) mass is 437 g/mol. The van der Waals surface area contributed by atoms with Gasteiger partial charge in [0.15, 0.2) is 0 Å². The lowest BCUT2D eigenvalue weighted by atomic mass is 9.95. The topological polar surface area (TPSA) is 98.0 Å². The smallest absolute Gasteiger partial charge is 0.231 e. The van der Waals surface area contributed by atoms with Crippen molar-refractivity contribution in [3.8, 4) is 0 Å². The van der Waals surface area contributed by atoms with Crippen LogP contribution in [0.4, 0.5) is 21.8 Å². The van der Waals surface area contributed by atoms with Crippen molar-refractivity contribution in [2.75, 3.05) is 36.8 Å². The average Bonchev–Trinajstić information content (AvgIpc) is 3.29. The molecule has 0 saturated carbocycles. The maximum absolute atomic E-state index is 13.5. The number of hydrogen-bond acceptors (Lipinski definition) is 6. The Morgan fingerprint density at radius 2 is 1.91 bits per heavy atom. The van der Waals surface area contributed by atoms with E-state index in [2.05, 4.69) is 30.9 Å². The fraction of sp³-hybridized carbons (Fsp3) is 0.435. The van der Waals surface area contributed by atoms with Crippen LogP contribution < -0.4 is 16.0 Å². The number of anilines is 3. The van der Waals surface area contributed by atoms with Gasteiger partial charge >= 0.3 is 0 Å². The van der Waals surface area contributed by atoms with Crippen molar-refractivity contribution in [1.29, 1.82) is 0 Å². The molecule has 2 aliphatic heterocycles. The van der Waals surface area contributed by atoms with Crippen molar-refractivity contribution in [2.24, 2.45) is 5.92 Å². The van der Waals surface area contributed by atoms with E-state index in [1.165, 1.54) is 12.1 Å². The first-order valence-electron chi connectivity index (χ1n) is 11.3. The molecule has 9 heteroatoms. The van der Waals surface area contributed by atoms with Crippen LogP contribution in [0.3, 0.4) is 0 Å². The molecular weight excluding hydrogens is 409 g/mol. The number of piperidine rings is 2. The Bertz CT molecular complexity index is 1090. The number of hydrogen-bond donors (Lipinski definition) is 4. The minimum absolute atomic E-state index is 0.165. The fourth-order valence-corrected chi connectivity index (χ4v) is 4.57. The van der Waals surface area contributed by atoms with Crippen LogP contribution in [0.25, 0.3) is 11.0 Å². The lowest BCUT2D eigenvalue weighted by Gasteiger charge is -2.35. The third-order valence-corrected chi connectivity index (χ3v) is 6.33. The molecular formula is C23H28FN7O. The second kappa shape index (κ2) is 9.12. The lowest BCUT2D eigenvalue weighted by Crippen LogP contribution is -2.46. The highest BCUT2D eigenvalue weighted by molar-refractivity contribution is 5.88. The van der Waals surface area contributed by atoms with E-state index in [1.807, 2.05) is 17.2 Å². The van der Waals surface area contributed by atoms with E-state index in [9.17, 15) is 9.18 Å². The molecule has 5 rings (SSSR count). The molecule has 168 valence electrons. The van der Waals surface area contributed by atoms with Crippen LogP contribution in [0.15, 0.2) is 36.5 Å². The number of aromatic amines is 1. The maximum Gasteiger partial charge on any atom is 0.231 e. The predicted octanol–water partition coefficient (Wildman–Crippen LogP) is 3.24. The van der Waals surface area contributed by atoms with E-state index in [1.54, 1.807) is 12.1 Å². The van der Waals surface area contributed by atoms with Gasteiger partial charge in [0, 0.05) is 36.9 Å². The van der Waals surface area contributed by atoms with Gasteiger partial charge < -0.3 is 25.8 Å². The molecule has 0 aliphatic carbocycles. The Balaban J connectivity index is 1.26. The number of amides is 1. The molecule has 4 heterocycles. The normalized spacial score (nSPS) is 18.1. The van der Waals surface area contributed by atoms with Gasteiger partial charge in [0.05, 0.1) is 5.39 Å². The van der Waals surface area contributed by atoms with Crippen LogP contribution in [-0.2, 0) is 4.79 Å².